The molecule has 166 valence electrons. The Hall–Kier alpha value is -2.33. The minimum absolute atomic E-state index is 0.146. The van der Waals surface area contributed by atoms with Crippen molar-refractivity contribution >= 4 is 5.71 Å². The lowest BCUT2D eigenvalue weighted by atomic mass is 9.83. The van der Waals surface area contributed by atoms with Crippen LogP contribution in [0.5, 0.6) is 0 Å². The quantitative estimate of drug-likeness (QED) is 0.394. The van der Waals surface area contributed by atoms with Gasteiger partial charge in [0.1, 0.15) is 31.0 Å². The average Bonchev–Trinajstić information content (AvgIpc) is 3.18. The molecule has 2 saturated heterocycles. The molecule has 0 spiro atoms. The van der Waals surface area contributed by atoms with Crippen LogP contribution in [0.1, 0.15) is 29.2 Å². The average molecular weight is 429 g/mol. The first kappa shape index (κ1) is 21.9. The summed E-state index contributed by atoms with van der Waals surface area (Å²) in [5.74, 6) is -1.66. The van der Waals surface area contributed by atoms with Crippen molar-refractivity contribution in [3.8, 4) is 0 Å². The summed E-state index contributed by atoms with van der Waals surface area (Å²) < 4.78 is 11.7. The Labute approximate surface area is 180 Å². The van der Waals surface area contributed by atoms with Gasteiger partial charge < -0.3 is 34.7 Å². The predicted octanol–water partition coefficient (Wildman–Crippen LogP) is 0.675. The van der Waals surface area contributed by atoms with Gasteiger partial charge in [-0.3, -0.25) is 0 Å². The van der Waals surface area contributed by atoms with E-state index < -0.39 is 36.3 Å². The number of ether oxygens (including phenoxy) is 2. The van der Waals surface area contributed by atoms with Gasteiger partial charge in [0, 0.05) is 5.56 Å². The molecule has 31 heavy (non-hydrogen) atoms. The van der Waals surface area contributed by atoms with Gasteiger partial charge in [0.05, 0.1) is 18.9 Å². The fourth-order valence-electron chi connectivity index (χ4n) is 4.26. The maximum absolute atomic E-state index is 10.7. The highest BCUT2D eigenvalue weighted by Gasteiger charge is 2.67. The van der Waals surface area contributed by atoms with E-state index in [9.17, 15) is 20.4 Å². The van der Waals surface area contributed by atoms with Crippen LogP contribution in [0.4, 0.5) is 0 Å². The summed E-state index contributed by atoms with van der Waals surface area (Å²) in [7, 11) is 1.51. The molecule has 0 aromatic heterocycles. The Kier molecular flexibility index (Phi) is 5.87. The second kappa shape index (κ2) is 8.31. The van der Waals surface area contributed by atoms with E-state index in [1.165, 1.54) is 7.11 Å². The van der Waals surface area contributed by atoms with Crippen molar-refractivity contribution in [2.75, 3.05) is 20.3 Å². The van der Waals surface area contributed by atoms with Crippen molar-refractivity contribution in [3.63, 3.8) is 0 Å². The first-order valence-electron chi connectivity index (χ1n) is 10.1. The van der Waals surface area contributed by atoms with Crippen molar-refractivity contribution in [2.45, 2.75) is 43.0 Å². The highest BCUT2D eigenvalue weighted by molar-refractivity contribution is 5.98. The Bertz CT molecular complexity index is 963. The minimum Gasteiger partial charge on any atom is -0.399 e. The number of hydrogen-bond donors (Lipinski definition) is 4. The van der Waals surface area contributed by atoms with E-state index in [1.54, 1.807) is 6.07 Å². The largest absolute Gasteiger partial charge is 0.399 e. The summed E-state index contributed by atoms with van der Waals surface area (Å²) in [6.45, 7) is 1.18. The van der Waals surface area contributed by atoms with Crippen molar-refractivity contribution in [3.05, 3.63) is 70.8 Å². The van der Waals surface area contributed by atoms with E-state index in [-0.39, 0.29) is 6.61 Å². The Balaban J connectivity index is 1.60. The van der Waals surface area contributed by atoms with E-state index in [4.69, 9.17) is 14.3 Å². The molecule has 2 aromatic carbocycles. The molecule has 0 saturated carbocycles. The molecule has 4 N–H and O–H groups in total. The fraction of sp³-hybridized carbons (Fsp3) is 0.435. The highest BCUT2D eigenvalue weighted by atomic mass is 16.8. The van der Waals surface area contributed by atoms with Crippen LogP contribution in [0, 0.1) is 0 Å². The molecule has 5 atom stereocenters. The summed E-state index contributed by atoms with van der Waals surface area (Å²) in [6.07, 6.45) is -3.87. The lowest BCUT2D eigenvalue weighted by Gasteiger charge is -2.45. The number of oxime groups is 1. The third kappa shape index (κ3) is 3.65. The lowest BCUT2D eigenvalue weighted by molar-refractivity contribution is -0.329. The van der Waals surface area contributed by atoms with Crippen LogP contribution in [0.25, 0.3) is 0 Å². The smallest absolute Gasteiger partial charge is 0.225 e. The first-order valence-corrected chi connectivity index (χ1v) is 10.1. The normalized spacial score (nSPS) is 32.8. The third-order valence-electron chi connectivity index (χ3n) is 6.07. The van der Waals surface area contributed by atoms with Crippen molar-refractivity contribution in [1.29, 1.82) is 0 Å². The van der Waals surface area contributed by atoms with Crippen LogP contribution in [-0.2, 0) is 26.5 Å². The van der Waals surface area contributed by atoms with Gasteiger partial charge in [-0.15, -0.1) is 0 Å². The molecule has 0 amide bonds. The Morgan fingerprint density at radius 3 is 2.52 bits per heavy atom. The lowest BCUT2D eigenvalue weighted by Crippen LogP contribution is -2.65. The van der Waals surface area contributed by atoms with Gasteiger partial charge in [-0.1, -0.05) is 47.6 Å². The van der Waals surface area contributed by atoms with Crippen molar-refractivity contribution < 1.29 is 34.7 Å². The second-order valence-electron chi connectivity index (χ2n) is 8.09. The van der Waals surface area contributed by atoms with Gasteiger partial charge in [0.25, 0.3) is 0 Å². The zero-order valence-electron chi connectivity index (χ0n) is 17.4. The van der Waals surface area contributed by atoms with E-state index in [0.717, 1.165) is 22.4 Å². The summed E-state index contributed by atoms with van der Waals surface area (Å²) in [4.78, 5) is 4.81. The van der Waals surface area contributed by atoms with Crippen LogP contribution in [0.3, 0.4) is 0 Å². The Morgan fingerprint density at radius 2 is 1.84 bits per heavy atom. The molecule has 8 nitrogen and oxygen atoms in total. The van der Waals surface area contributed by atoms with E-state index >= 15 is 0 Å². The maximum atomic E-state index is 10.7. The molecular formula is C23H27NO7. The molecule has 8 heteroatoms. The summed E-state index contributed by atoms with van der Waals surface area (Å²) in [5, 5.41) is 45.1. The first-order chi connectivity index (χ1) is 14.8. The molecule has 0 radical (unpaired) electrons. The summed E-state index contributed by atoms with van der Waals surface area (Å²) >= 11 is 0. The van der Waals surface area contributed by atoms with Crippen LogP contribution in [-0.4, -0.2) is 70.4 Å². The minimum atomic E-state index is -1.66. The van der Waals surface area contributed by atoms with E-state index in [2.05, 4.69) is 5.16 Å². The van der Waals surface area contributed by atoms with Crippen LogP contribution in [0.2, 0.25) is 0 Å². The van der Waals surface area contributed by atoms with Crippen LogP contribution < -0.4 is 0 Å². The molecule has 0 aliphatic carbocycles. The van der Waals surface area contributed by atoms with Crippen molar-refractivity contribution in [1.82, 2.24) is 0 Å². The third-order valence-corrected chi connectivity index (χ3v) is 6.07. The van der Waals surface area contributed by atoms with Crippen LogP contribution >= 0.6 is 0 Å². The van der Waals surface area contributed by atoms with Gasteiger partial charge in [-0.25, -0.2) is 0 Å². The number of fused-ring (bicyclic) bond motifs is 2. The fourth-order valence-corrected chi connectivity index (χ4v) is 4.26. The zero-order valence-corrected chi connectivity index (χ0v) is 17.4. The maximum Gasteiger partial charge on any atom is 0.225 e. The zero-order chi connectivity index (χ0) is 22.2. The predicted molar refractivity (Wildman–Crippen MR) is 111 cm³/mol. The molecule has 2 aliphatic heterocycles. The van der Waals surface area contributed by atoms with E-state index in [1.807, 2.05) is 49.4 Å². The molecule has 0 unspecified atom stereocenters. The molecule has 2 bridgehead atoms. The second-order valence-corrected chi connectivity index (χ2v) is 8.09. The molecule has 2 fully saturated rings. The Morgan fingerprint density at radius 1 is 1.10 bits per heavy atom. The monoisotopic (exact) mass is 429 g/mol. The van der Waals surface area contributed by atoms with Crippen molar-refractivity contribution in [2.24, 2.45) is 5.16 Å². The highest BCUT2D eigenvalue weighted by Crippen LogP contribution is 2.49. The van der Waals surface area contributed by atoms with Gasteiger partial charge in [0.2, 0.25) is 5.79 Å². The molecule has 2 aromatic rings. The summed E-state index contributed by atoms with van der Waals surface area (Å²) in [5.41, 5.74) is 2.80. The molecule has 2 aliphatic rings. The number of nitrogens with zero attached hydrogens (tertiary/aromatic N) is 1. The van der Waals surface area contributed by atoms with Gasteiger partial charge in [-0.05, 0) is 36.1 Å². The van der Waals surface area contributed by atoms with Gasteiger partial charge in [0.15, 0.2) is 0 Å². The topological polar surface area (TPSA) is 121 Å². The molecular weight excluding hydrogens is 402 g/mol. The SMILES string of the molecule is CO/N=C(\C)c1ccc(Cc2cccc([C@]34OC[C@](CO)(O3)[C@@H](O)[C@H](O)[C@H]4O)c2)cc1. The van der Waals surface area contributed by atoms with Gasteiger partial charge in [-0.2, -0.15) is 0 Å². The molecule has 4 rings (SSSR count). The molecule has 2 heterocycles. The standard InChI is InChI=1S/C23H27NO7/c1-14(24-29-2)17-8-6-15(7-9-17)10-16-4-3-5-18(11-16)23-21(28)19(26)20(27)22(12-25,31-23)13-30-23/h3-9,11,19-21,25-28H,10,12-13H2,1-2H3/b24-14+/t19-,20-,21+,22-,23-/m0/s1. The number of benzene rings is 2. The number of aliphatic hydroxyl groups is 4. The summed E-state index contributed by atoms with van der Waals surface area (Å²) in [6, 6.07) is 15.3. The van der Waals surface area contributed by atoms with Crippen LogP contribution in [0.15, 0.2) is 53.7 Å². The van der Waals surface area contributed by atoms with E-state index in [0.29, 0.717) is 12.0 Å². The number of rotatable bonds is 6. The number of aliphatic hydroxyl groups excluding tert-OH is 4. The number of hydrogen-bond acceptors (Lipinski definition) is 8. The van der Waals surface area contributed by atoms with Gasteiger partial charge >= 0.3 is 0 Å².